The van der Waals surface area contributed by atoms with Gasteiger partial charge < -0.3 is 29.5 Å². The summed E-state index contributed by atoms with van der Waals surface area (Å²) < 4.78 is 11.4. The Bertz CT molecular complexity index is 2010. The molecule has 2 saturated heterocycles. The van der Waals surface area contributed by atoms with E-state index in [0.717, 1.165) is 0 Å². The molecule has 2 aliphatic heterocycles. The molecule has 0 saturated carbocycles. The fourth-order valence-electron chi connectivity index (χ4n) is 6.05. The lowest BCUT2D eigenvalue weighted by Gasteiger charge is -2.33. The first kappa shape index (κ1) is 37.2. The van der Waals surface area contributed by atoms with Crippen LogP contribution in [-0.2, 0) is 23.9 Å². The second-order valence-corrected chi connectivity index (χ2v) is 14.1. The first-order valence-electron chi connectivity index (χ1n) is 16.5. The van der Waals surface area contributed by atoms with Gasteiger partial charge in [-0.2, -0.15) is 4.68 Å². The number of tetrazole rings is 1. The number of hydroxylamine groups is 2. The van der Waals surface area contributed by atoms with E-state index in [1.165, 1.54) is 24.2 Å². The summed E-state index contributed by atoms with van der Waals surface area (Å²) in [5.74, 6) is -0.530. The zero-order chi connectivity index (χ0) is 37.9. The molecule has 6 rings (SSSR count). The first-order chi connectivity index (χ1) is 25.3. The number of anilines is 1. The Balaban J connectivity index is 1.21. The predicted molar refractivity (Wildman–Crippen MR) is 192 cm³/mol. The lowest BCUT2D eigenvalue weighted by Crippen LogP contribution is -2.50. The van der Waals surface area contributed by atoms with Crippen molar-refractivity contribution in [3.63, 3.8) is 0 Å². The molecule has 53 heavy (non-hydrogen) atoms. The van der Waals surface area contributed by atoms with Gasteiger partial charge in [0, 0.05) is 40.5 Å². The van der Waals surface area contributed by atoms with E-state index in [9.17, 15) is 19.2 Å². The maximum atomic E-state index is 13.9. The number of piperazine rings is 1. The van der Waals surface area contributed by atoms with E-state index < -0.39 is 29.8 Å². The van der Waals surface area contributed by atoms with Crippen molar-refractivity contribution < 1.29 is 33.5 Å². The highest BCUT2D eigenvalue weighted by molar-refractivity contribution is 6.32. The molecule has 278 valence electrons. The molecular formula is C34H36Cl2N10O7. The lowest BCUT2D eigenvalue weighted by atomic mass is 10.1. The van der Waals surface area contributed by atoms with Crippen LogP contribution in [0.3, 0.4) is 0 Å². The normalized spacial score (nSPS) is 17.5. The summed E-state index contributed by atoms with van der Waals surface area (Å²) in [6, 6.07) is 10.4. The molecule has 2 aliphatic rings. The SMILES string of the molecule is COC(=O)Nc1ccc(-c2nc([C@H](CC(=O)N3C[C@@H]4C[C@H]3CN4OC(=O)OC(C)(C)C)NC(=O)/C=C/c3cc(Cl)ccc3-n3cnnn3)[nH]c2Cl)cc1. The standard InChI is InChI=1S/C34H36Cl2N10O7/c1-34(2,3)52-33(50)53-46-17-23-14-24(46)16-44(23)28(48)15-25(31-40-29(30(36)41-31)19-5-9-22(10-6-19)38-32(49)51-4)39-27(47)12-7-20-13-21(35)8-11-26(20)45-18-37-42-43-45/h5-13,18,23-25H,14-17H2,1-4H3,(H,38,49)(H,39,47)(H,40,41)/b12-7+/t23-,24-,25-/m0/s1. The van der Waals surface area contributed by atoms with Crippen molar-refractivity contribution in [1.82, 2.24) is 45.5 Å². The maximum absolute atomic E-state index is 13.9. The molecule has 2 bridgehead atoms. The number of nitrogens with one attached hydrogen (secondary N) is 3. The Kier molecular flexibility index (Phi) is 11.0. The van der Waals surface area contributed by atoms with Crippen LogP contribution in [0.1, 0.15) is 51.0 Å². The van der Waals surface area contributed by atoms with Gasteiger partial charge in [0.15, 0.2) is 0 Å². The van der Waals surface area contributed by atoms with Gasteiger partial charge in [0.25, 0.3) is 0 Å². The average Bonchev–Trinajstić information content (AvgIpc) is 3.92. The molecule has 2 aromatic heterocycles. The summed E-state index contributed by atoms with van der Waals surface area (Å²) in [6.45, 7) is 5.87. The van der Waals surface area contributed by atoms with Gasteiger partial charge in [0.2, 0.25) is 11.8 Å². The number of hydrogen-bond donors (Lipinski definition) is 3. The molecule has 3 N–H and O–H groups in total. The number of amides is 3. The molecule has 0 unspecified atom stereocenters. The van der Waals surface area contributed by atoms with Crippen LogP contribution in [0, 0.1) is 0 Å². The Morgan fingerprint density at radius 3 is 2.51 bits per heavy atom. The highest BCUT2D eigenvalue weighted by Crippen LogP contribution is 2.34. The van der Waals surface area contributed by atoms with E-state index in [1.54, 1.807) is 79.3 Å². The van der Waals surface area contributed by atoms with Crippen LogP contribution in [0.4, 0.5) is 15.3 Å². The smallest absolute Gasteiger partial charge is 0.453 e. The number of H-pyrrole nitrogens is 1. The van der Waals surface area contributed by atoms with Gasteiger partial charge in [-0.05, 0) is 74.0 Å². The van der Waals surface area contributed by atoms with E-state index in [0.29, 0.717) is 52.7 Å². The number of benzene rings is 2. The Hall–Kier alpha value is -5.52. The summed E-state index contributed by atoms with van der Waals surface area (Å²) in [5, 5.41) is 18.9. The summed E-state index contributed by atoms with van der Waals surface area (Å²) in [5.41, 5.74) is 1.91. The Morgan fingerprint density at radius 1 is 1.08 bits per heavy atom. The minimum atomic E-state index is -0.933. The number of rotatable bonds is 10. The van der Waals surface area contributed by atoms with Crippen LogP contribution < -0.4 is 10.6 Å². The average molecular weight is 768 g/mol. The minimum absolute atomic E-state index is 0.159. The van der Waals surface area contributed by atoms with Crippen molar-refractivity contribution in [2.75, 3.05) is 25.5 Å². The number of carbonyl (C=O) groups is 4. The minimum Gasteiger partial charge on any atom is -0.453 e. The number of aromatic amines is 1. The van der Waals surface area contributed by atoms with Crippen molar-refractivity contribution in [3.8, 4) is 16.9 Å². The molecule has 17 nitrogen and oxygen atoms in total. The number of fused-ring (bicyclic) bond motifs is 2. The van der Waals surface area contributed by atoms with Gasteiger partial charge in [-0.1, -0.05) is 35.3 Å². The third kappa shape index (κ3) is 9.11. The molecular weight excluding hydrogens is 731 g/mol. The van der Waals surface area contributed by atoms with Crippen LogP contribution in [0.15, 0.2) is 54.9 Å². The molecule has 2 aromatic carbocycles. The van der Waals surface area contributed by atoms with Crippen LogP contribution in [0.25, 0.3) is 23.0 Å². The largest absolute Gasteiger partial charge is 0.528 e. The molecule has 2 fully saturated rings. The summed E-state index contributed by atoms with van der Waals surface area (Å²) >= 11 is 12.9. The Labute approximate surface area is 313 Å². The number of likely N-dealkylation sites (tertiary alicyclic amines) is 1. The first-order valence-corrected chi connectivity index (χ1v) is 17.2. The van der Waals surface area contributed by atoms with Gasteiger partial charge in [-0.25, -0.2) is 14.6 Å². The van der Waals surface area contributed by atoms with E-state index in [4.69, 9.17) is 32.8 Å². The predicted octanol–water partition coefficient (Wildman–Crippen LogP) is 4.95. The van der Waals surface area contributed by atoms with E-state index in [1.807, 2.05) is 0 Å². The number of hydrogen-bond acceptors (Lipinski definition) is 12. The highest BCUT2D eigenvalue weighted by atomic mass is 35.5. The number of carbonyl (C=O) groups excluding carboxylic acids is 4. The second kappa shape index (κ2) is 15.6. The Morgan fingerprint density at radius 2 is 1.85 bits per heavy atom. The topological polar surface area (TPSA) is 199 Å². The quantitative estimate of drug-likeness (QED) is 0.145. The van der Waals surface area contributed by atoms with Crippen LogP contribution in [0.5, 0.6) is 0 Å². The lowest BCUT2D eigenvalue weighted by molar-refractivity contribution is -0.168. The van der Waals surface area contributed by atoms with Crippen molar-refractivity contribution in [2.45, 2.75) is 57.3 Å². The monoisotopic (exact) mass is 766 g/mol. The fourth-order valence-corrected chi connectivity index (χ4v) is 6.48. The molecule has 3 atom stereocenters. The van der Waals surface area contributed by atoms with E-state index in [2.05, 4.69) is 40.9 Å². The molecule has 0 aliphatic carbocycles. The fraction of sp³-hybridized carbons (Fsp3) is 0.353. The third-order valence-corrected chi connectivity index (χ3v) is 8.89. The molecule has 0 radical (unpaired) electrons. The number of methoxy groups -OCH3 is 1. The summed E-state index contributed by atoms with van der Waals surface area (Å²) in [4.78, 5) is 66.1. The summed E-state index contributed by atoms with van der Waals surface area (Å²) in [7, 11) is 1.26. The van der Waals surface area contributed by atoms with Gasteiger partial charge in [-0.15, -0.1) is 10.2 Å². The molecule has 4 aromatic rings. The molecule has 19 heteroatoms. The van der Waals surface area contributed by atoms with Crippen molar-refractivity contribution >= 4 is 59.0 Å². The zero-order valence-corrected chi connectivity index (χ0v) is 30.6. The van der Waals surface area contributed by atoms with E-state index in [-0.39, 0.29) is 35.4 Å². The number of aromatic nitrogens is 6. The van der Waals surface area contributed by atoms with Crippen molar-refractivity contribution in [2.24, 2.45) is 0 Å². The molecule has 4 heterocycles. The van der Waals surface area contributed by atoms with Gasteiger partial charge in [0.1, 0.15) is 28.6 Å². The number of halogens is 2. The van der Waals surface area contributed by atoms with Crippen LogP contribution in [0.2, 0.25) is 10.2 Å². The highest BCUT2D eigenvalue weighted by Gasteiger charge is 2.48. The number of nitrogens with zero attached hydrogens (tertiary/aromatic N) is 7. The van der Waals surface area contributed by atoms with Crippen LogP contribution in [-0.4, -0.2) is 102 Å². The molecule has 0 spiro atoms. The zero-order valence-electron chi connectivity index (χ0n) is 29.1. The molecule has 3 amide bonds. The van der Waals surface area contributed by atoms with Gasteiger partial charge in [0.05, 0.1) is 37.8 Å². The third-order valence-electron chi connectivity index (χ3n) is 8.39. The van der Waals surface area contributed by atoms with Gasteiger partial charge in [-0.3, -0.25) is 14.9 Å². The number of ether oxygens (including phenoxy) is 2. The van der Waals surface area contributed by atoms with Crippen molar-refractivity contribution in [1.29, 1.82) is 0 Å². The van der Waals surface area contributed by atoms with Gasteiger partial charge >= 0.3 is 12.2 Å². The van der Waals surface area contributed by atoms with E-state index >= 15 is 0 Å². The number of imidazole rings is 1. The summed E-state index contributed by atoms with van der Waals surface area (Å²) in [6.07, 6.45) is 3.30. The van der Waals surface area contributed by atoms with Crippen molar-refractivity contribution in [3.05, 3.63) is 76.4 Å². The second-order valence-electron chi connectivity index (χ2n) is 13.3. The maximum Gasteiger partial charge on any atom is 0.528 e. The van der Waals surface area contributed by atoms with Crippen LogP contribution >= 0.6 is 23.2 Å².